The van der Waals surface area contributed by atoms with E-state index in [1.807, 2.05) is 48.0 Å². The number of nitrogens with zero attached hydrogens (tertiary/aromatic N) is 2. The van der Waals surface area contributed by atoms with Crippen LogP contribution in [0.2, 0.25) is 0 Å². The van der Waals surface area contributed by atoms with Crippen molar-refractivity contribution in [2.75, 3.05) is 0 Å². The molecule has 4 aromatic rings. The number of hydroxylamine groups is 1. The van der Waals surface area contributed by atoms with Crippen molar-refractivity contribution in [2.24, 2.45) is 0 Å². The van der Waals surface area contributed by atoms with E-state index in [0.29, 0.717) is 18.0 Å². The zero-order valence-electron chi connectivity index (χ0n) is 15.2. The van der Waals surface area contributed by atoms with Gasteiger partial charge in [0, 0.05) is 5.39 Å². The quantitative estimate of drug-likeness (QED) is 0.491. The molecule has 2 heterocycles. The van der Waals surface area contributed by atoms with Crippen molar-refractivity contribution in [1.82, 2.24) is 15.3 Å². The summed E-state index contributed by atoms with van der Waals surface area (Å²) in [4.78, 5) is 19.2. The SMILES string of the molecule is Cc1nn(Cc2ccc(F)cc2)c2sc(C(=O)NOCc3ccccc3)cc12. The molecule has 1 amide bonds. The minimum Gasteiger partial charge on any atom is -0.269 e. The zero-order chi connectivity index (χ0) is 19.5. The topological polar surface area (TPSA) is 56.2 Å². The molecule has 0 aliphatic carbocycles. The van der Waals surface area contributed by atoms with Crippen LogP contribution in [-0.2, 0) is 18.0 Å². The molecule has 0 aliphatic heterocycles. The van der Waals surface area contributed by atoms with Gasteiger partial charge in [-0.3, -0.25) is 14.3 Å². The first-order valence-electron chi connectivity index (χ1n) is 8.77. The van der Waals surface area contributed by atoms with E-state index >= 15 is 0 Å². The molecule has 0 radical (unpaired) electrons. The predicted molar refractivity (Wildman–Crippen MR) is 107 cm³/mol. The molecule has 0 bridgehead atoms. The van der Waals surface area contributed by atoms with E-state index < -0.39 is 0 Å². The molecule has 0 saturated carbocycles. The van der Waals surface area contributed by atoms with Gasteiger partial charge in [-0.2, -0.15) is 5.10 Å². The van der Waals surface area contributed by atoms with Gasteiger partial charge in [0.25, 0.3) is 5.91 Å². The Balaban J connectivity index is 1.47. The summed E-state index contributed by atoms with van der Waals surface area (Å²) >= 11 is 1.36. The van der Waals surface area contributed by atoms with E-state index in [1.165, 1.54) is 23.5 Å². The molecule has 2 aromatic carbocycles. The average Bonchev–Trinajstić information content (AvgIpc) is 3.26. The number of carbonyl (C=O) groups excluding carboxylic acids is 1. The number of hydrogen-bond donors (Lipinski definition) is 1. The maximum atomic E-state index is 13.1. The molecule has 0 atom stereocenters. The van der Waals surface area contributed by atoms with E-state index in [1.54, 1.807) is 12.1 Å². The minimum atomic E-state index is -0.287. The number of aromatic nitrogens is 2. The molecule has 1 N–H and O–H groups in total. The van der Waals surface area contributed by atoms with E-state index in [4.69, 9.17) is 4.84 Å². The highest BCUT2D eigenvalue weighted by Crippen LogP contribution is 2.29. The maximum Gasteiger partial charge on any atom is 0.285 e. The third-order valence-electron chi connectivity index (χ3n) is 4.32. The number of carbonyl (C=O) groups is 1. The van der Waals surface area contributed by atoms with Crippen LogP contribution in [0, 0.1) is 12.7 Å². The number of benzene rings is 2. The lowest BCUT2D eigenvalue weighted by Gasteiger charge is -2.05. The molecule has 5 nitrogen and oxygen atoms in total. The molecule has 142 valence electrons. The lowest BCUT2D eigenvalue weighted by molar-refractivity contribution is 0.0237. The van der Waals surface area contributed by atoms with Gasteiger partial charge in [0.1, 0.15) is 10.6 Å². The summed E-state index contributed by atoms with van der Waals surface area (Å²) in [7, 11) is 0. The second-order valence-electron chi connectivity index (χ2n) is 6.40. The number of fused-ring (bicyclic) bond motifs is 1. The lowest BCUT2D eigenvalue weighted by atomic mass is 10.2. The fourth-order valence-corrected chi connectivity index (χ4v) is 3.95. The summed E-state index contributed by atoms with van der Waals surface area (Å²) in [5.74, 6) is -0.555. The van der Waals surface area contributed by atoms with Crippen molar-refractivity contribution in [2.45, 2.75) is 20.1 Å². The highest BCUT2D eigenvalue weighted by atomic mass is 32.1. The third kappa shape index (κ3) is 3.95. The van der Waals surface area contributed by atoms with E-state index in [9.17, 15) is 9.18 Å². The summed E-state index contributed by atoms with van der Waals surface area (Å²) < 4.78 is 14.9. The summed E-state index contributed by atoms with van der Waals surface area (Å²) in [6.45, 7) is 2.72. The van der Waals surface area contributed by atoms with Gasteiger partial charge in [0.15, 0.2) is 0 Å². The fourth-order valence-electron chi connectivity index (χ4n) is 2.90. The Bertz CT molecular complexity index is 1100. The molecule has 0 saturated heterocycles. The van der Waals surface area contributed by atoms with Crippen LogP contribution in [0.3, 0.4) is 0 Å². The number of aryl methyl sites for hydroxylation is 1. The van der Waals surface area contributed by atoms with Gasteiger partial charge in [-0.25, -0.2) is 9.87 Å². The average molecular weight is 395 g/mol. The number of hydrogen-bond acceptors (Lipinski definition) is 4. The summed E-state index contributed by atoms with van der Waals surface area (Å²) in [6.07, 6.45) is 0. The minimum absolute atomic E-state index is 0.267. The summed E-state index contributed by atoms with van der Waals surface area (Å²) in [5.41, 5.74) is 5.26. The molecule has 0 aliphatic rings. The van der Waals surface area contributed by atoms with Crippen molar-refractivity contribution in [3.63, 3.8) is 0 Å². The van der Waals surface area contributed by atoms with Crippen LogP contribution < -0.4 is 5.48 Å². The van der Waals surface area contributed by atoms with Crippen LogP contribution in [0.4, 0.5) is 4.39 Å². The van der Waals surface area contributed by atoms with Crippen LogP contribution in [0.15, 0.2) is 60.7 Å². The maximum absolute atomic E-state index is 13.1. The number of halogens is 1. The predicted octanol–water partition coefficient (Wildman–Crippen LogP) is 4.46. The number of thiophene rings is 1. The highest BCUT2D eigenvalue weighted by Gasteiger charge is 2.16. The van der Waals surface area contributed by atoms with Crippen LogP contribution in [0.5, 0.6) is 0 Å². The summed E-state index contributed by atoms with van der Waals surface area (Å²) in [6, 6.07) is 17.8. The Morgan fingerprint density at radius 3 is 2.64 bits per heavy atom. The van der Waals surface area contributed by atoms with Crippen molar-refractivity contribution in [1.29, 1.82) is 0 Å². The molecule has 0 unspecified atom stereocenters. The van der Waals surface area contributed by atoms with Crippen molar-refractivity contribution >= 4 is 27.5 Å². The van der Waals surface area contributed by atoms with Gasteiger partial charge in [0.05, 0.1) is 23.7 Å². The molecule has 7 heteroatoms. The van der Waals surface area contributed by atoms with Gasteiger partial charge in [0.2, 0.25) is 0 Å². The third-order valence-corrected chi connectivity index (χ3v) is 5.47. The molecule has 0 fully saturated rings. The first-order valence-corrected chi connectivity index (χ1v) is 9.59. The molecule has 0 spiro atoms. The van der Waals surface area contributed by atoms with E-state index in [2.05, 4.69) is 10.6 Å². The lowest BCUT2D eigenvalue weighted by Crippen LogP contribution is -2.22. The number of rotatable bonds is 6. The van der Waals surface area contributed by atoms with Crippen LogP contribution in [0.1, 0.15) is 26.5 Å². The van der Waals surface area contributed by atoms with Crippen molar-refractivity contribution in [3.8, 4) is 0 Å². The normalized spacial score (nSPS) is 11.1. The number of nitrogens with one attached hydrogen (secondary N) is 1. The fraction of sp³-hybridized carbons (Fsp3) is 0.143. The second kappa shape index (κ2) is 7.92. The van der Waals surface area contributed by atoms with Crippen LogP contribution >= 0.6 is 11.3 Å². The monoisotopic (exact) mass is 395 g/mol. The molecule has 4 rings (SSSR count). The molecular weight excluding hydrogens is 377 g/mol. The molecule has 2 aromatic heterocycles. The molecular formula is C21H18FN3O2S. The smallest absolute Gasteiger partial charge is 0.269 e. The van der Waals surface area contributed by atoms with Crippen molar-refractivity contribution in [3.05, 3.63) is 88.2 Å². The molecule has 28 heavy (non-hydrogen) atoms. The first-order chi connectivity index (χ1) is 13.6. The Labute approximate surface area is 165 Å². The van der Waals surface area contributed by atoms with Gasteiger partial charge < -0.3 is 0 Å². The zero-order valence-corrected chi connectivity index (χ0v) is 16.0. The largest absolute Gasteiger partial charge is 0.285 e. The Morgan fingerprint density at radius 2 is 1.89 bits per heavy atom. The Hall–Kier alpha value is -3.03. The van der Waals surface area contributed by atoms with Gasteiger partial charge in [-0.15, -0.1) is 11.3 Å². The standard InChI is InChI=1S/C21H18FN3O2S/c1-14-18-11-19(20(26)24-27-13-16-5-3-2-4-6-16)28-21(18)25(23-14)12-15-7-9-17(22)10-8-15/h2-11H,12-13H2,1H3,(H,24,26). The highest BCUT2D eigenvalue weighted by molar-refractivity contribution is 7.20. The second-order valence-corrected chi connectivity index (χ2v) is 7.44. The van der Waals surface area contributed by atoms with Gasteiger partial charge in [-0.1, -0.05) is 42.5 Å². The van der Waals surface area contributed by atoms with Crippen molar-refractivity contribution < 1.29 is 14.0 Å². The van der Waals surface area contributed by atoms with Gasteiger partial charge in [-0.05, 0) is 36.2 Å². The van der Waals surface area contributed by atoms with Crippen LogP contribution in [-0.4, -0.2) is 15.7 Å². The van der Waals surface area contributed by atoms with Gasteiger partial charge >= 0.3 is 0 Å². The number of amides is 1. The van der Waals surface area contributed by atoms with E-state index in [-0.39, 0.29) is 11.7 Å². The Kier molecular flexibility index (Phi) is 5.18. The summed E-state index contributed by atoms with van der Waals surface area (Å²) in [5, 5.41) is 5.47. The Morgan fingerprint density at radius 1 is 1.14 bits per heavy atom. The first kappa shape index (κ1) is 18.3. The van der Waals surface area contributed by atoms with E-state index in [0.717, 1.165) is 27.0 Å². The van der Waals surface area contributed by atoms with Crippen LogP contribution in [0.25, 0.3) is 10.2 Å².